The number of para-hydroxylation sites is 1. The number of rotatable bonds is 5. The molecule has 0 unspecified atom stereocenters. The molecule has 0 N–H and O–H groups in total. The van der Waals surface area contributed by atoms with Gasteiger partial charge in [0.15, 0.2) is 0 Å². The van der Waals surface area contributed by atoms with Crippen molar-refractivity contribution in [1.82, 2.24) is 9.80 Å². The fraction of sp³-hybridized carbons (Fsp3) is 0.379. The Morgan fingerprint density at radius 2 is 1.65 bits per heavy atom. The standard InChI is InChI=1S/C29H29N3O5/c33-27-17-22(23-16-19-6-2-3-7-26(19)36-29(23)34)21-8-9-25(30-35)24(28(21)37-27)18-31-14-10-20(11-15-31)32-12-4-1-5-13-32/h2-3,6-9,16-17,20H,1,4-5,10-15,18H2. The van der Waals surface area contributed by atoms with Gasteiger partial charge in [-0.3, -0.25) is 4.90 Å². The van der Waals surface area contributed by atoms with Crippen molar-refractivity contribution >= 4 is 27.6 Å². The molecule has 0 saturated carbocycles. The van der Waals surface area contributed by atoms with E-state index in [4.69, 9.17) is 8.83 Å². The van der Waals surface area contributed by atoms with Crippen LogP contribution in [-0.2, 0) is 6.54 Å². The van der Waals surface area contributed by atoms with Crippen LogP contribution in [0.1, 0.15) is 37.7 Å². The number of fused-ring (bicyclic) bond motifs is 2. The van der Waals surface area contributed by atoms with Crippen molar-refractivity contribution in [2.24, 2.45) is 5.18 Å². The van der Waals surface area contributed by atoms with E-state index in [-0.39, 0.29) is 11.3 Å². The summed E-state index contributed by atoms with van der Waals surface area (Å²) in [6.07, 6.45) is 6.03. The summed E-state index contributed by atoms with van der Waals surface area (Å²) in [6.45, 7) is 4.61. The lowest BCUT2D eigenvalue weighted by atomic mass is 9.97. The summed E-state index contributed by atoms with van der Waals surface area (Å²) in [4.78, 5) is 42.2. The van der Waals surface area contributed by atoms with Crippen LogP contribution < -0.4 is 11.3 Å². The first-order valence-corrected chi connectivity index (χ1v) is 13.0. The van der Waals surface area contributed by atoms with Gasteiger partial charge in [0.05, 0.1) is 5.56 Å². The maximum atomic E-state index is 12.9. The van der Waals surface area contributed by atoms with E-state index in [1.807, 2.05) is 12.1 Å². The second kappa shape index (κ2) is 10.0. The monoisotopic (exact) mass is 499 g/mol. The quantitative estimate of drug-likeness (QED) is 0.267. The minimum atomic E-state index is -0.594. The Morgan fingerprint density at radius 3 is 2.43 bits per heavy atom. The Balaban J connectivity index is 1.36. The van der Waals surface area contributed by atoms with E-state index in [1.165, 1.54) is 38.4 Å². The minimum absolute atomic E-state index is 0.247. The third kappa shape index (κ3) is 4.63. The minimum Gasteiger partial charge on any atom is -0.422 e. The number of likely N-dealkylation sites (tertiary alicyclic amines) is 2. The summed E-state index contributed by atoms with van der Waals surface area (Å²) in [5.41, 5.74) is 1.16. The Morgan fingerprint density at radius 1 is 0.865 bits per heavy atom. The van der Waals surface area contributed by atoms with Gasteiger partial charge in [-0.25, -0.2) is 9.59 Å². The maximum Gasteiger partial charge on any atom is 0.344 e. The van der Waals surface area contributed by atoms with Crippen molar-refractivity contribution in [1.29, 1.82) is 0 Å². The molecule has 0 spiro atoms. The lowest BCUT2D eigenvalue weighted by molar-refractivity contribution is 0.0897. The number of hydrogen-bond donors (Lipinski definition) is 0. The molecule has 0 radical (unpaired) electrons. The molecule has 2 aromatic carbocycles. The summed E-state index contributed by atoms with van der Waals surface area (Å²) in [5, 5.41) is 4.57. The van der Waals surface area contributed by atoms with Crippen molar-refractivity contribution in [2.45, 2.75) is 44.7 Å². The summed E-state index contributed by atoms with van der Waals surface area (Å²) in [6, 6.07) is 14.2. The van der Waals surface area contributed by atoms with Crippen LogP contribution in [0.25, 0.3) is 33.1 Å². The lowest BCUT2D eigenvalue weighted by Crippen LogP contribution is -2.46. The number of nitrogens with zero attached hydrogens (tertiary/aromatic N) is 3. The second-order valence-electron chi connectivity index (χ2n) is 10.1. The molecule has 0 amide bonds. The second-order valence-corrected chi connectivity index (χ2v) is 10.1. The number of piperidine rings is 2. The van der Waals surface area contributed by atoms with Gasteiger partial charge in [0.1, 0.15) is 16.9 Å². The van der Waals surface area contributed by atoms with Crippen molar-refractivity contribution < 1.29 is 8.83 Å². The molecule has 4 aromatic rings. The number of benzene rings is 2. The molecular formula is C29H29N3O5. The van der Waals surface area contributed by atoms with Crippen LogP contribution in [0.3, 0.4) is 0 Å². The van der Waals surface area contributed by atoms with E-state index in [9.17, 15) is 14.5 Å². The zero-order valence-corrected chi connectivity index (χ0v) is 20.7. The van der Waals surface area contributed by atoms with Crippen molar-refractivity contribution in [3.8, 4) is 11.1 Å². The highest BCUT2D eigenvalue weighted by atomic mass is 16.4. The summed E-state index contributed by atoms with van der Waals surface area (Å²) in [7, 11) is 0. The van der Waals surface area contributed by atoms with Crippen LogP contribution in [0.5, 0.6) is 0 Å². The molecule has 0 bridgehead atoms. The van der Waals surface area contributed by atoms with Gasteiger partial charge in [0.25, 0.3) is 0 Å². The van der Waals surface area contributed by atoms with Gasteiger partial charge in [-0.15, -0.1) is 4.91 Å². The predicted molar refractivity (Wildman–Crippen MR) is 143 cm³/mol. The van der Waals surface area contributed by atoms with Gasteiger partial charge in [0.2, 0.25) is 0 Å². The summed E-state index contributed by atoms with van der Waals surface area (Å²) < 4.78 is 11.2. The van der Waals surface area contributed by atoms with Crippen molar-refractivity contribution in [3.05, 3.63) is 79.8 Å². The van der Waals surface area contributed by atoms with Crippen LogP contribution >= 0.6 is 0 Å². The molecule has 4 heterocycles. The Bertz CT molecular complexity index is 1580. The van der Waals surface area contributed by atoms with Gasteiger partial charge in [-0.2, -0.15) is 0 Å². The largest absolute Gasteiger partial charge is 0.422 e. The van der Waals surface area contributed by atoms with Gasteiger partial charge >= 0.3 is 11.3 Å². The fourth-order valence-electron chi connectivity index (χ4n) is 5.93. The van der Waals surface area contributed by atoms with Gasteiger partial charge < -0.3 is 13.7 Å². The third-order valence-corrected chi connectivity index (χ3v) is 7.87. The first-order chi connectivity index (χ1) is 18.1. The highest BCUT2D eigenvalue weighted by Crippen LogP contribution is 2.35. The van der Waals surface area contributed by atoms with Crippen molar-refractivity contribution in [2.75, 3.05) is 26.2 Å². The van der Waals surface area contributed by atoms with Crippen LogP contribution in [0.4, 0.5) is 5.69 Å². The fourth-order valence-corrected chi connectivity index (χ4v) is 5.93. The van der Waals surface area contributed by atoms with E-state index in [2.05, 4.69) is 15.0 Å². The van der Waals surface area contributed by atoms with E-state index >= 15 is 0 Å². The molecule has 2 fully saturated rings. The SMILES string of the molecule is O=Nc1ccc2c(-c3cc4ccccc4oc3=O)cc(=O)oc2c1CN1CCC(N2CCCCC2)CC1. The topological polar surface area (TPSA) is 96.3 Å². The van der Waals surface area contributed by atoms with Gasteiger partial charge in [-0.05, 0) is 81.3 Å². The molecular weight excluding hydrogens is 470 g/mol. The van der Waals surface area contributed by atoms with E-state index in [0.29, 0.717) is 40.3 Å². The molecule has 8 heteroatoms. The smallest absolute Gasteiger partial charge is 0.344 e. The normalized spacial score (nSPS) is 17.9. The highest BCUT2D eigenvalue weighted by Gasteiger charge is 2.27. The molecule has 2 aliphatic heterocycles. The first-order valence-electron chi connectivity index (χ1n) is 13.0. The van der Waals surface area contributed by atoms with Crippen LogP contribution in [0, 0.1) is 4.91 Å². The number of hydrogen-bond acceptors (Lipinski definition) is 8. The number of nitroso groups, excluding NO2 is 1. The molecule has 0 aliphatic carbocycles. The maximum absolute atomic E-state index is 12.9. The Labute approximate surface area is 213 Å². The van der Waals surface area contributed by atoms with Crippen molar-refractivity contribution in [3.63, 3.8) is 0 Å². The average Bonchev–Trinajstić information content (AvgIpc) is 2.93. The van der Waals surface area contributed by atoms with E-state index < -0.39 is 11.3 Å². The van der Waals surface area contributed by atoms with Crippen LogP contribution in [0.15, 0.2) is 72.1 Å². The zero-order valence-electron chi connectivity index (χ0n) is 20.7. The first kappa shape index (κ1) is 23.8. The molecule has 190 valence electrons. The molecule has 2 aromatic heterocycles. The van der Waals surface area contributed by atoms with Crippen LogP contribution in [0.2, 0.25) is 0 Å². The summed E-state index contributed by atoms with van der Waals surface area (Å²) >= 11 is 0. The van der Waals surface area contributed by atoms with Gasteiger partial charge in [0, 0.05) is 40.6 Å². The highest BCUT2D eigenvalue weighted by molar-refractivity contribution is 5.97. The molecule has 6 rings (SSSR count). The lowest BCUT2D eigenvalue weighted by Gasteiger charge is -2.40. The molecule has 2 saturated heterocycles. The molecule has 8 nitrogen and oxygen atoms in total. The Hall–Kier alpha value is -3.62. The van der Waals surface area contributed by atoms with Crippen LogP contribution in [-0.4, -0.2) is 42.0 Å². The van der Waals surface area contributed by atoms with Gasteiger partial charge in [-0.1, -0.05) is 24.6 Å². The molecule has 2 aliphatic rings. The van der Waals surface area contributed by atoms with E-state index in [0.717, 1.165) is 31.3 Å². The van der Waals surface area contributed by atoms with E-state index in [1.54, 1.807) is 30.3 Å². The summed E-state index contributed by atoms with van der Waals surface area (Å²) in [5.74, 6) is 0. The third-order valence-electron chi connectivity index (χ3n) is 7.87. The molecule has 0 atom stereocenters. The average molecular weight is 500 g/mol. The predicted octanol–water partition coefficient (Wildman–Crippen LogP) is 5.41. The molecule has 37 heavy (non-hydrogen) atoms. The zero-order chi connectivity index (χ0) is 25.4. The Kier molecular flexibility index (Phi) is 6.44.